The highest BCUT2D eigenvalue weighted by Crippen LogP contribution is 2.27. The van der Waals surface area contributed by atoms with Gasteiger partial charge in [0.05, 0.1) is 29.8 Å². The fraction of sp³-hybridized carbons (Fsp3) is 0.176. The lowest BCUT2D eigenvalue weighted by atomic mass is 10.2. The summed E-state index contributed by atoms with van der Waals surface area (Å²) in [6.45, 7) is -0.466. The van der Waals surface area contributed by atoms with Gasteiger partial charge in [-0.3, -0.25) is 4.79 Å². The van der Waals surface area contributed by atoms with E-state index in [1.807, 2.05) is 0 Å². The molecule has 10 heteroatoms. The van der Waals surface area contributed by atoms with Gasteiger partial charge in [0.25, 0.3) is 5.91 Å². The maximum absolute atomic E-state index is 13.1. The number of hydrazone groups is 1. The first-order valence-corrected chi connectivity index (χ1v) is 9.43. The SMILES string of the molecule is COc1ccc(S(=O)(=O)N(C)CC(=O)N/N=C/c2cccc(F)c2)cc1Cl. The first-order valence-electron chi connectivity index (χ1n) is 7.61. The minimum Gasteiger partial charge on any atom is -0.495 e. The second-order valence-electron chi connectivity index (χ2n) is 5.41. The van der Waals surface area contributed by atoms with Crippen molar-refractivity contribution in [3.05, 3.63) is 58.9 Å². The lowest BCUT2D eigenvalue weighted by Crippen LogP contribution is -2.36. The number of carbonyl (C=O) groups is 1. The van der Waals surface area contributed by atoms with E-state index in [1.165, 1.54) is 56.8 Å². The molecule has 2 aromatic carbocycles. The van der Waals surface area contributed by atoms with Gasteiger partial charge in [0.1, 0.15) is 11.6 Å². The molecule has 0 aliphatic heterocycles. The van der Waals surface area contributed by atoms with E-state index >= 15 is 0 Å². The molecule has 0 aliphatic rings. The van der Waals surface area contributed by atoms with Crippen molar-refractivity contribution in [2.45, 2.75) is 4.90 Å². The molecule has 0 fully saturated rings. The summed E-state index contributed by atoms with van der Waals surface area (Å²) in [5.74, 6) is -0.759. The Morgan fingerprint density at radius 2 is 2.07 bits per heavy atom. The van der Waals surface area contributed by atoms with E-state index in [1.54, 1.807) is 6.07 Å². The van der Waals surface area contributed by atoms with Crippen LogP contribution in [0, 0.1) is 5.82 Å². The van der Waals surface area contributed by atoms with Crippen molar-refractivity contribution in [3.63, 3.8) is 0 Å². The maximum Gasteiger partial charge on any atom is 0.255 e. The van der Waals surface area contributed by atoms with Gasteiger partial charge in [-0.25, -0.2) is 18.2 Å². The summed E-state index contributed by atoms with van der Waals surface area (Å²) < 4.78 is 43.9. The van der Waals surface area contributed by atoms with Gasteiger partial charge >= 0.3 is 0 Å². The number of nitrogens with one attached hydrogen (secondary N) is 1. The van der Waals surface area contributed by atoms with E-state index in [2.05, 4.69) is 10.5 Å². The van der Waals surface area contributed by atoms with Gasteiger partial charge in [0.2, 0.25) is 10.0 Å². The van der Waals surface area contributed by atoms with Crippen LogP contribution >= 0.6 is 11.6 Å². The molecule has 0 bridgehead atoms. The largest absolute Gasteiger partial charge is 0.495 e. The molecule has 7 nitrogen and oxygen atoms in total. The molecule has 0 heterocycles. The van der Waals surface area contributed by atoms with Crippen molar-refractivity contribution in [3.8, 4) is 5.75 Å². The quantitative estimate of drug-likeness (QED) is 0.557. The van der Waals surface area contributed by atoms with Crippen LogP contribution in [0.5, 0.6) is 5.75 Å². The number of amides is 1. The Hall–Kier alpha value is -2.49. The van der Waals surface area contributed by atoms with Crippen molar-refractivity contribution in [2.75, 3.05) is 20.7 Å². The lowest BCUT2D eigenvalue weighted by Gasteiger charge is -2.16. The predicted molar refractivity (Wildman–Crippen MR) is 100.0 cm³/mol. The molecule has 0 radical (unpaired) electrons. The Kier molecular flexibility index (Phi) is 6.89. The standard InChI is InChI=1S/C17H17ClFN3O4S/c1-22(27(24,25)14-6-7-16(26-2)15(18)9-14)11-17(23)21-20-10-12-4-3-5-13(19)8-12/h3-10H,11H2,1-2H3,(H,21,23)/b20-10+. The Morgan fingerprint density at radius 3 is 2.70 bits per heavy atom. The van der Waals surface area contributed by atoms with Gasteiger partial charge in [-0.15, -0.1) is 0 Å². The molecule has 1 N–H and O–H groups in total. The molecule has 27 heavy (non-hydrogen) atoms. The number of ether oxygens (including phenoxy) is 1. The van der Waals surface area contributed by atoms with Crippen LogP contribution in [0.4, 0.5) is 4.39 Å². The fourth-order valence-electron chi connectivity index (χ4n) is 2.08. The minimum absolute atomic E-state index is 0.0770. The van der Waals surface area contributed by atoms with Crippen LogP contribution in [0.2, 0.25) is 5.02 Å². The molecule has 0 saturated heterocycles. The van der Waals surface area contributed by atoms with Crippen LogP contribution < -0.4 is 10.2 Å². The number of hydrogen-bond donors (Lipinski definition) is 1. The highest BCUT2D eigenvalue weighted by molar-refractivity contribution is 7.89. The number of nitrogens with zero attached hydrogens (tertiary/aromatic N) is 2. The molecule has 0 aromatic heterocycles. The molecular formula is C17H17ClFN3O4S. The van der Waals surface area contributed by atoms with Gasteiger partial charge in [-0.1, -0.05) is 23.7 Å². The molecule has 0 aliphatic carbocycles. The van der Waals surface area contributed by atoms with Crippen LogP contribution in [0.15, 0.2) is 52.5 Å². The zero-order valence-corrected chi connectivity index (χ0v) is 16.1. The zero-order chi connectivity index (χ0) is 20.0. The molecule has 2 aromatic rings. The number of likely N-dealkylation sites (N-methyl/N-ethyl adjacent to an activating group) is 1. The summed E-state index contributed by atoms with van der Waals surface area (Å²) in [5, 5.41) is 3.81. The Balaban J connectivity index is 2.01. The second kappa shape index (κ2) is 8.94. The van der Waals surface area contributed by atoms with Crippen LogP contribution in [-0.4, -0.2) is 45.5 Å². The summed E-state index contributed by atoms with van der Waals surface area (Å²) in [5.41, 5.74) is 2.64. The molecular weight excluding hydrogens is 397 g/mol. The molecule has 144 valence electrons. The van der Waals surface area contributed by atoms with Crippen molar-refractivity contribution in [1.82, 2.24) is 9.73 Å². The average Bonchev–Trinajstić information content (AvgIpc) is 2.61. The molecule has 2 rings (SSSR count). The second-order valence-corrected chi connectivity index (χ2v) is 7.86. The van der Waals surface area contributed by atoms with Gasteiger partial charge in [-0.05, 0) is 35.9 Å². The van der Waals surface area contributed by atoms with Crippen LogP contribution in [0.25, 0.3) is 0 Å². The van der Waals surface area contributed by atoms with Crippen LogP contribution in [0.1, 0.15) is 5.56 Å². The third-order valence-electron chi connectivity index (χ3n) is 3.45. The van der Waals surface area contributed by atoms with E-state index in [0.29, 0.717) is 11.3 Å². The normalized spacial score (nSPS) is 11.7. The maximum atomic E-state index is 13.1. The number of methoxy groups -OCH3 is 1. The topological polar surface area (TPSA) is 88.1 Å². The van der Waals surface area contributed by atoms with Crippen molar-refractivity contribution < 1.29 is 22.3 Å². The number of hydrogen-bond acceptors (Lipinski definition) is 5. The summed E-state index contributed by atoms with van der Waals surface area (Å²) in [6, 6.07) is 9.61. The molecule has 0 saturated carbocycles. The Labute approximate surface area is 161 Å². The van der Waals surface area contributed by atoms with Crippen LogP contribution in [0.3, 0.4) is 0 Å². The summed E-state index contributed by atoms with van der Waals surface area (Å²) in [6.07, 6.45) is 1.25. The number of rotatable bonds is 7. The number of halogens is 2. The van der Waals surface area contributed by atoms with Gasteiger partial charge in [0.15, 0.2) is 0 Å². The summed E-state index contributed by atoms with van der Waals surface area (Å²) in [7, 11) is -1.27. The smallest absolute Gasteiger partial charge is 0.255 e. The number of sulfonamides is 1. The van der Waals surface area contributed by atoms with Crippen molar-refractivity contribution in [2.24, 2.45) is 5.10 Å². The van der Waals surface area contributed by atoms with E-state index in [9.17, 15) is 17.6 Å². The van der Waals surface area contributed by atoms with Gasteiger partial charge < -0.3 is 4.74 Å². The van der Waals surface area contributed by atoms with Gasteiger partial charge in [0, 0.05) is 7.05 Å². The lowest BCUT2D eigenvalue weighted by molar-refractivity contribution is -0.121. The van der Waals surface area contributed by atoms with E-state index in [-0.39, 0.29) is 9.92 Å². The molecule has 0 atom stereocenters. The third kappa shape index (κ3) is 5.49. The predicted octanol–water partition coefficient (Wildman–Crippen LogP) is 2.26. The van der Waals surface area contributed by atoms with Gasteiger partial charge in [-0.2, -0.15) is 9.41 Å². The third-order valence-corrected chi connectivity index (χ3v) is 5.54. The molecule has 0 unspecified atom stereocenters. The van der Waals surface area contributed by atoms with Crippen molar-refractivity contribution >= 4 is 33.7 Å². The minimum atomic E-state index is -3.93. The Bertz CT molecular complexity index is 966. The number of benzene rings is 2. The fourth-order valence-corrected chi connectivity index (χ4v) is 3.55. The molecule has 1 amide bonds. The first kappa shape index (κ1) is 20.8. The average molecular weight is 414 g/mol. The highest BCUT2D eigenvalue weighted by Gasteiger charge is 2.23. The van der Waals surface area contributed by atoms with E-state index in [4.69, 9.17) is 16.3 Å². The monoisotopic (exact) mass is 413 g/mol. The summed E-state index contributed by atoms with van der Waals surface area (Å²) >= 11 is 5.95. The summed E-state index contributed by atoms with van der Waals surface area (Å²) in [4.78, 5) is 11.8. The van der Waals surface area contributed by atoms with E-state index in [0.717, 1.165) is 4.31 Å². The zero-order valence-electron chi connectivity index (χ0n) is 14.5. The first-order chi connectivity index (χ1) is 12.7. The number of carbonyl (C=O) groups excluding carboxylic acids is 1. The van der Waals surface area contributed by atoms with E-state index < -0.39 is 28.3 Å². The van der Waals surface area contributed by atoms with Crippen molar-refractivity contribution in [1.29, 1.82) is 0 Å². The highest BCUT2D eigenvalue weighted by atomic mass is 35.5. The Morgan fingerprint density at radius 1 is 1.33 bits per heavy atom. The van der Waals surface area contributed by atoms with Crippen LogP contribution in [-0.2, 0) is 14.8 Å². The molecule has 0 spiro atoms.